The molecule has 0 N–H and O–H groups in total. The van der Waals surface area contributed by atoms with E-state index in [1.807, 2.05) is 31.5 Å². The highest BCUT2D eigenvalue weighted by atomic mass is 19.1. The van der Waals surface area contributed by atoms with Gasteiger partial charge in [-0.15, -0.1) is 0 Å². The molecule has 0 fully saturated rings. The molecule has 0 saturated carbocycles. The number of rotatable bonds is 2. The molecule has 0 amide bonds. The van der Waals surface area contributed by atoms with Crippen LogP contribution in [0.5, 0.6) is 0 Å². The Morgan fingerprint density at radius 2 is 1.80 bits per heavy atom. The molecule has 0 bridgehead atoms. The van der Waals surface area contributed by atoms with Crippen LogP contribution in [0.25, 0.3) is 16.8 Å². The summed E-state index contributed by atoms with van der Waals surface area (Å²) in [6.07, 6.45) is 3.81. The Hall–Kier alpha value is -2.42. The fourth-order valence-corrected chi connectivity index (χ4v) is 2.37. The monoisotopic (exact) mass is 266 g/mol. The molecule has 3 rings (SSSR count). The summed E-state index contributed by atoms with van der Waals surface area (Å²) in [5, 5.41) is 4.39. The summed E-state index contributed by atoms with van der Waals surface area (Å²) in [4.78, 5) is 0. The molecule has 1 aromatic heterocycles. The third-order valence-electron chi connectivity index (χ3n) is 3.44. The predicted molar refractivity (Wildman–Crippen MR) is 78.4 cm³/mol. The van der Waals surface area contributed by atoms with Crippen LogP contribution in [0.15, 0.2) is 54.9 Å². The van der Waals surface area contributed by atoms with E-state index >= 15 is 0 Å². The lowest BCUT2D eigenvalue weighted by Crippen LogP contribution is -1.97. The van der Waals surface area contributed by atoms with Crippen molar-refractivity contribution in [3.05, 3.63) is 71.8 Å². The van der Waals surface area contributed by atoms with E-state index in [9.17, 15) is 4.39 Å². The van der Waals surface area contributed by atoms with Crippen LogP contribution in [-0.4, -0.2) is 9.78 Å². The summed E-state index contributed by atoms with van der Waals surface area (Å²) in [5.74, 6) is -0.225. The SMILES string of the molecule is Cc1ccccc1-c1cnn(-c2ccc(F)cc2C)c1. The minimum atomic E-state index is -0.225. The summed E-state index contributed by atoms with van der Waals surface area (Å²) in [6, 6.07) is 12.9. The Morgan fingerprint density at radius 3 is 2.55 bits per heavy atom. The summed E-state index contributed by atoms with van der Waals surface area (Å²) in [7, 11) is 0. The molecule has 3 heteroatoms. The Kier molecular flexibility index (Phi) is 3.11. The molecular formula is C17H15FN2. The zero-order valence-electron chi connectivity index (χ0n) is 11.5. The van der Waals surface area contributed by atoms with Gasteiger partial charge >= 0.3 is 0 Å². The lowest BCUT2D eigenvalue weighted by atomic mass is 10.0. The molecule has 0 radical (unpaired) electrons. The van der Waals surface area contributed by atoms with Crippen LogP contribution < -0.4 is 0 Å². The maximum absolute atomic E-state index is 13.2. The summed E-state index contributed by atoms with van der Waals surface area (Å²) in [5.41, 5.74) is 5.20. The van der Waals surface area contributed by atoms with Crippen LogP contribution in [-0.2, 0) is 0 Å². The minimum Gasteiger partial charge on any atom is -0.240 e. The van der Waals surface area contributed by atoms with Gasteiger partial charge < -0.3 is 0 Å². The normalized spacial score (nSPS) is 10.8. The number of hydrogen-bond donors (Lipinski definition) is 0. The van der Waals surface area contributed by atoms with Gasteiger partial charge in [0.05, 0.1) is 11.9 Å². The topological polar surface area (TPSA) is 17.8 Å². The second-order valence-electron chi connectivity index (χ2n) is 4.92. The molecule has 100 valence electrons. The van der Waals surface area contributed by atoms with Gasteiger partial charge in [0.25, 0.3) is 0 Å². The van der Waals surface area contributed by atoms with Crippen LogP contribution in [0.3, 0.4) is 0 Å². The Morgan fingerprint density at radius 1 is 1.00 bits per heavy atom. The summed E-state index contributed by atoms with van der Waals surface area (Å²) >= 11 is 0. The smallest absolute Gasteiger partial charge is 0.123 e. The predicted octanol–water partition coefficient (Wildman–Crippen LogP) is 4.30. The highest BCUT2D eigenvalue weighted by Gasteiger charge is 2.07. The van der Waals surface area contributed by atoms with E-state index in [1.165, 1.54) is 23.3 Å². The zero-order valence-corrected chi connectivity index (χ0v) is 11.5. The number of benzene rings is 2. The van der Waals surface area contributed by atoms with Crippen molar-refractivity contribution in [3.8, 4) is 16.8 Å². The lowest BCUT2D eigenvalue weighted by Gasteiger charge is -2.05. The number of aromatic nitrogens is 2. The van der Waals surface area contributed by atoms with E-state index in [2.05, 4.69) is 24.2 Å². The third kappa shape index (κ3) is 2.23. The first-order valence-corrected chi connectivity index (χ1v) is 6.52. The number of halogens is 1. The van der Waals surface area contributed by atoms with E-state index in [0.717, 1.165) is 16.8 Å². The van der Waals surface area contributed by atoms with Gasteiger partial charge in [0, 0.05) is 11.8 Å². The van der Waals surface area contributed by atoms with Crippen molar-refractivity contribution >= 4 is 0 Å². The molecule has 1 heterocycles. The Balaban J connectivity index is 2.04. The fraction of sp³-hybridized carbons (Fsp3) is 0.118. The summed E-state index contributed by atoms with van der Waals surface area (Å²) < 4.78 is 14.9. The molecule has 0 spiro atoms. The van der Waals surface area contributed by atoms with Crippen molar-refractivity contribution in [1.82, 2.24) is 9.78 Å². The van der Waals surface area contributed by atoms with Crippen molar-refractivity contribution in [2.75, 3.05) is 0 Å². The number of hydrogen-bond acceptors (Lipinski definition) is 1. The van der Waals surface area contributed by atoms with Gasteiger partial charge in [0.2, 0.25) is 0 Å². The quantitative estimate of drug-likeness (QED) is 0.676. The van der Waals surface area contributed by atoms with E-state index in [4.69, 9.17) is 0 Å². The Bertz CT molecular complexity index is 759. The van der Waals surface area contributed by atoms with Crippen LogP contribution in [0.4, 0.5) is 4.39 Å². The van der Waals surface area contributed by atoms with Gasteiger partial charge in [0.1, 0.15) is 5.82 Å². The average Bonchev–Trinajstić information content (AvgIpc) is 2.88. The van der Waals surface area contributed by atoms with Gasteiger partial charge in [-0.05, 0) is 48.7 Å². The van der Waals surface area contributed by atoms with Crippen LogP contribution in [0, 0.1) is 19.7 Å². The van der Waals surface area contributed by atoms with Gasteiger partial charge in [0.15, 0.2) is 0 Å². The average molecular weight is 266 g/mol. The Labute approximate surface area is 117 Å². The minimum absolute atomic E-state index is 0.225. The zero-order chi connectivity index (χ0) is 14.1. The molecule has 3 aromatic rings. The molecule has 0 unspecified atom stereocenters. The largest absolute Gasteiger partial charge is 0.240 e. The van der Waals surface area contributed by atoms with E-state index in [1.54, 1.807) is 10.7 Å². The van der Waals surface area contributed by atoms with Gasteiger partial charge in [-0.1, -0.05) is 24.3 Å². The molecule has 2 aromatic carbocycles. The molecule has 0 atom stereocenters. The molecule has 0 aliphatic rings. The van der Waals surface area contributed by atoms with E-state index in [0.29, 0.717) is 0 Å². The maximum atomic E-state index is 13.2. The molecular weight excluding hydrogens is 251 g/mol. The van der Waals surface area contributed by atoms with Crippen LogP contribution in [0.2, 0.25) is 0 Å². The van der Waals surface area contributed by atoms with Crippen molar-refractivity contribution in [1.29, 1.82) is 0 Å². The number of nitrogens with zero attached hydrogens (tertiary/aromatic N) is 2. The van der Waals surface area contributed by atoms with Crippen LogP contribution in [0.1, 0.15) is 11.1 Å². The molecule has 0 saturated heterocycles. The third-order valence-corrected chi connectivity index (χ3v) is 3.44. The molecule has 2 nitrogen and oxygen atoms in total. The van der Waals surface area contributed by atoms with Crippen molar-refractivity contribution in [2.24, 2.45) is 0 Å². The standard InChI is InChI=1S/C17H15FN2/c1-12-5-3-4-6-16(12)14-10-19-20(11-14)17-8-7-15(18)9-13(17)2/h3-11H,1-2H3. The molecule has 0 aliphatic heterocycles. The van der Waals surface area contributed by atoms with Crippen molar-refractivity contribution in [3.63, 3.8) is 0 Å². The van der Waals surface area contributed by atoms with E-state index < -0.39 is 0 Å². The van der Waals surface area contributed by atoms with E-state index in [-0.39, 0.29) is 5.82 Å². The van der Waals surface area contributed by atoms with Crippen molar-refractivity contribution < 1.29 is 4.39 Å². The first kappa shape index (κ1) is 12.6. The number of aryl methyl sites for hydroxylation is 2. The van der Waals surface area contributed by atoms with Crippen molar-refractivity contribution in [2.45, 2.75) is 13.8 Å². The first-order chi connectivity index (χ1) is 9.65. The van der Waals surface area contributed by atoms with Crippen LogP contribution >= 0.6 is 0 Å². The van der Waals surface area contributed by atoms with Gasteiger partial charge in [-0.3, -0.25) is 0 Å². The molecule has 20 heavy (non-hydrogen) atoms. The maximum Gasteiger partial charge on any atom is 0.123 e. The second kappa shape index (κ2) is 4.93. The molecule has 0 aliphatic carbocycles. The highest BCUT2D eigenvalue weighted by molar-refractivity contribution is 5.66. The summed E-state index contributed by atoms with van der Waals surface area (Å²) in [6.45, 7) is 3.96. The lowest BCUT2D eigenvalue weighted by molar-refractivity contribution is 0.625. The highest BCUT2D eigenvalue weighted by Crippen LogP contribution is 2.24. The van der Waals surface area contributed by atoms with Gasteiger partial charge in [-0.25, -0.2) is 9.07 Å². The van der Waals surface area contributed by atoms with Gasteiger partial charge in [-0.2, -0.15) is 5.10 Å². The first-order valence-electron chi connectivity index (χ1n) is 6.52. The second-order valence-corrected chi connectivity index (χ2v) is 4.92. The fourth-order valence-electron chi connectivity index (χ4n) is 2.37.